The van der Waals surface area contributed by atoms with Crippen molar-refractivity contribution in [1.82, 2.24) is 4.90 Å². The number of halogens is 2. The number of aryl methyl sites for hydroxylation is 1. The second-order valence-corrected chi connectivity index (χ2v) is 5.96. The number of amides is 1. The van der Waals surface area contributed by atoms with Crippen molar-refractivity contribution < 1.29 is 4.79 Å². The molecule has 4 heteroatoms. The fourth-order valence-electron chi connectivity index (χ4n) is 2.12. The Bertz CT molecular complexity index is 461. The highest BCUT2D eigenvalue weighted by Gasteiger charge is 2.27. The van der Waals surface area contributed by atoms with Crippen LogP contribution in [0.25, 0.3) is 0 Å². The number of benzene rings is 1. The minimum absolute atomic E-state index is 0.0226. The van der Waals surface area contributed by atoms with E-state index in [2.05, 4.69) is 6.92 Å². The van der Waals surface area contributed by atoms with Gasteiger partial charge in [-0.3, -0.25) is 4.79 Å². The van der Waals surface area contributed by atoms with Crippen molar-refractivity contribution in [2.75, 3.05) is 13.1 Å². The molecule has 1 aromatic carbocycles. The third kappa shape index (κ3) is 2.81. The van der Waals surface area contributed by atoms with Crippen LogP contribution in [-0.4, -0.2) is 29.3 Å². The van der Waals surface area contributed by atoms with E-state index in [1.165, 1.54) is 0 Å². The number of carbonyl (C=O) groups is 1. The van der Waals surface area contributed by atoms with Crippen LogP contribution in [0.15, 0.2) is 18.2 Å². The third-order valence-corrected chi connectivity index (χ3v) is 4.55. The molecule has 1 aromatic rings. The second-order valence-electron chi connectivity index (χ2n) is 5.00. The van der Waals surface area contributed by atoms with Crippen molar-refractivity contribution in [3.05, 3.63) is 34.3 Å². The smallest absolute Gasteiger partial charge is 0.253 e. The molecule has 0 saturated carbocycles. The number of carbonyl (C=O) groups excluding carboxylic acids is 1. The summed E-state index contributed by atoms with van der Waals surface area (Å²) in [4.78, 5) is 14.1. The number of piperidine rings is 1. The minimum Gasteiger partial charge on any atom is -0.337 e. The minimum atomic E-state index is 0.0226. The molecule has 2 unspecified atom stereocenters. The van der Waals surface area contributed by atoms with Gasteiger partial charge in [0.15, 0.2) is 0 Å². The molecule has 1 heterocycles. The summed E-state index contributed by atoms with van der Waals surface area (Å²) in [5, 5.41) is 0.678. The average molecular weight is 286 g/mol. The van der Waals surface area contributed by atoms with E-state index in [9.17, 15) is 4.79 Å². The summed E-state index contributed by atoms with van der Waals surface area (Å²) in [7, 11) is 0. The van der Waals surface area contributed by atoms with Crippen LogP contribution in [0.1, 0.15) is 29.3 Å². The number of likely N-dealkylation sites (tertiary alicyclic amines) is 1. The highest BCUT2D eigenvalue weighted by atomic mass is 35.5. The monoisotopic (exact) mass is 285 g/mol. The molecule has 2 atom stereocenters. The molecule has 0 aromatic heterocycles. The molecule has 0 radical (unpaired) electrons. The summed E-state index contributed by atoms with van der Waals surface area (Å²) < 4.78 is 0. The summed E-state index contributed by atoms with van der Waals surface area (Å²) in [5.74, 6) is 0.492. The van der Waals surface area contributed by atoms with Crippen molar-refractivity contribution in [2.24, 2.45) is 5.92 Å². The first-order valence-corrected chi connectivity index (χ1v) is 7.00. The molecule has 98 valence electrons. The van der Waals surface area contributed by atoms with E-state index in [0.29, 0.717) is 23.0 Å². The van der Waals surface area contributed by atoms with Crippen molar-refractivity contribution in [2.45, 2.75) is 25.6 Å². The van der Waals surface area contributed by atoms with Gasteiger partial charge in [-0.05, 0) is 37.0 Å². The Balaban J connectivity index is 2.14. The van der Waals surface area contributed by atoms with Crippen molar-refractivity contribution in [3.8, 4) is 0 Å². The van der Waals surface area contributed by atoms with Gasteiger partial charge in [0.05, 0.1) is 5.38 Å². The van der Waals surface area contributed by atoms with Gasteiger partial charge >= 0.3 is 0 Å². The van der Waals surface area contributed by atoms with E-state index in [4.69, 9.17) is 23.2 Å². The molecule has 1 amide bonds. The number of hydrogen-bond donors (Lipinski definition) is 0. The predicted molar refractivity (Wildman–Crippen MR) is 75.5 cm³/mol. The van der Waals surface area contributed by atoms with Crippen LogP contribution >= 0.6 is 23.2 Å². The van der Waals surface area contributed by atoms with E-state index < -0.39 is 0 Å². The molecule has 1 saturated heterocycles. The summed E-state index contributed by atoms with van der Waals surface area (Å²) in [6.45, 7) is 5.44. The van der Waals surface area contributed by atoms with Gasteiger partial charge in [-0.25, -0.2) is 0 Å². The zero-order valence-electron chi connectivity index (χ0n) is 10.6. The van der Waals surface area contributed by atoms with Crippen molar-refractivity contribution in [1.29, 1.82) is 0 Å². The molecule has 1 aliphatic rings. The first kappa shape index (κ1) is 13.7. The Morgan fingerprint density at radius 1 is 1.44 bits per heavy atom. The molecule has 0 bridgehead atoms. The Morgan fingerprint density at radius 2 is 2.17 bits per heavy atom. The number of hydrogen-bond acceptors (Lipinski definition) is 1. The molecule has 18 heavy (non-hydrogen) atoms. The van der Waals surface area contributed by atoms with E-state index in [-0.39, 0.29) is 11.3 Å². The highest BCUT2D eigenvalue weighted by Crippen LogP contribution is 2.24. The van der Waals surface area contributed by atoms with E-state index >= 15 is 0 Å². The highest BCUT2D eigenvalue weighted by molar-refractivity contribution is 6.31. The van der Waals surface area contributed by atoms with Crippen molar-refractivity contribution >= 4 is 29.1 Å². The first-order valence-electron chi connectivity index (χ1n) is 6.18. The van der Waals surface area contributed by atoms with Gasteiger partial charge in [0.2, 0.25) is 0 Å². The van der Waals surface area contributed by atoms with Crippen LogP contribution in [0.5, 0.6) is 0 Å². The van der Waals surface area contributed by atoms with Gasteiger partial charge in [0.25, 0.3) is 5.91 Å². The summed E-state index contributed by atoms with van der Waals surface area (Å²) in [5.41, 5.74) is 1.62. The lowest BCUT2D eigenvalue weighted by molar-refractivity contribution is 0.0701. The largest absolute Gasteiger partial charge is 0.337 e. The lowest BCUT2D eigenvalue weighted by Crippen LogP contribution is -2.43. The summed E-state index contributed by atoms with van der Waals surface area (Å²) in [6, 6.07) is 5.44. The van der Waals surface area contributed by atoms with E-state index in [1.54, 1.807) is 6.07 Å². The fourth-order valence-corrected chi connectivity index (χ4v) is 2.59. The lowest BCUT2D eigenvalue weighted by atomic mass is 9.98. The van der Waals surface area contributed by atoms with Gasteiger partial charge in [0.1, 0.15) is 0 Å². The predicted octanol–water partition coefficient (Wildman–Crippen LogP) is 3.74. The lowest BCUT2D eigenvalue weighted by Gasteiger charge is -2.34. The van der Waals surface area contributed by atoms with Gasteiger partial charge in [0, 0.05) is 23.7 Å². The Morgan fingerprint density at radius 3 is 2.78 bits per heavy atom. The van der Waals surface area contributed by atoms with Crippen LogP contribution in [0.3, 0.4) is 0 Å². The zero-order chi connectivity index (χ0) is 13.3. The molecule has 1 fully saturated rings. The Kier molecular flexibility index (Phi) is 4.18. The van der Waals surface area contributed by atoms with Crippen LogP contribution in [0, 0.1) is 12.8 Å². The zero-order valence-corrected chi connectivity index (χ0v) is 12.1. The van der Waals surface area contributed by atoms with Crippen LogP contribution in [-0.2, 0) is 0 Å². The third-order valence-electron chi connectivity index (χ3n) is 3.57. The molecule has 0 aliphatic carbocycles. The summed E-state index contributed by atoms with van der Waals surface area (Å²) in [6.07, 6.45) is 0.958. The fraction of sp³-hybridized carbons (Fsp3) is 0.500. The SMILES string of the molecule is Cc1ccc(C(=O)N2CCC(C)C(Cl)C2)cc1Cl. The quantitative estimate of drug-likeness (QED) is 0.720. The number of nitrogens with zero attached hydrogens (tertiary/aromatic N) is 1. The maximum Gasteiger partial charge on any atom is 0.253 e. The maximum absolute atomic E-state index is 12.3. The average Bonchev–Trinajstić information content (AvgIpc) is 2.35. The Hall–Kier alpha value is -0.730. The molecule has 0 N–H and O–H groups in total. The van der Waals surface area contributed by atoms with Crippen molar-refractivity contribution in [3.63, 3.8) is 0 Å². The van der Waals surface area contributed by atoms with Gasteiger partial charge in [-0.1, -0.05) is 24.6 Å². The van der Waals surface area contributed by atoms with Crippen LogP contribution < -0.4 is 0 Å². The molecule has 1 aliphatic heterocycles. The van der Waals surface area contributed by atoms with E-state index in [1.807, 2.05) is 24.0 Å². The standard InChI is InChI=1S/C14H17Cl2NO/c1-9-3-4-11(7-12(9)15)14(18)17-6-5-10(2)13(16)8-17/h3-4,7,10,13H,5-6,8H2,1-2H3. The van der Waals surface area contributed by atoms with Gasteiger partial charge in [-0.15, -0.1) is 11.6 Å². The summed E-state index contributed by atoms with van der Waals surface area (Å²) >= 11 is 12.3. The maximum atomic E-state index is 12.3. The first-order chi connectivity index (χ1) is 8.49. The molecule has 2 rings (SSSR count). The molecule has 2 nitrogen and oxygen atoms in total. The van der Waals surface area contributed by atoms with Crippen LogP contribution in [0.4, 0.5) is 0 Å². The van der Waals surface area contributed by atoms with E-state index in [0.717, 1.165) is 18.5 Å². The number of rotatable bonds is 1. The topological polar surface area (TPSA) is 20.3 Å². The molecular weight excluding hydrogens is 269 g/mol. The number of alkyl halides is 1. The van der Waals surface area contributed by atoms with Gasteiger partial charge < -0.3 is 4.90 Å². The second kappa shape index (κ2) is 5.50. The van der Waals surface area contributed by atoms with Gasteiger partial charge in [-0.2, -0.15) is 0 Å². The Labute approximate surface area is 118 Å². The van der Waals surface area contributed by atoms with Crippen LogP contribution in [0.2, 0.25) is 5.02 Å². The molecule has 0 spiro atoms. The normalized spacial score (nSPS) is 24.1. The molecular formula is C14H17Cl2NO.